The van der Waals surface area contributed by atoms with Crippen molar-refractivity contribution in [3.8, 4) is 5.75 Å². The normalized spacial score (nSPS) is 18.9. The first-order valence-electron chi connectivity index (χ1n) is 2.82. The molecule has 0 saturated heterocycles. The maximum Gasteiger partial charge on any atom is 0.287 e. The Morgan fingerprint density at radius 1 is 1.40 bits per heavy atom. The van der Waals surface area contributed by atoms with Crippen LogP contribution < -0.4 is 15.4 Å². The van der Waals surface area contributed by atoms with E-state index < -0.39 is 0 Å². The molecule has 10 heavy (non-hydrogen) atoms. The number of benzene rings is 1. The van der Waals surface area contributed by atoms with Crippen molar-refractivity contribution in [2.45, 2.75) is 0 Å². The maximum absolute atomic E-state index is 10.5. The highest BCUT2D eigenvalue weighted by Gasteiger charge is 2.22. The maximum atomic E-state index is 10.5. The van der Waals surface area contributed by atoms with Crippen LogP contribution in [0.4, 0.5) is 0 Å². The van der Waals surface area contributed by atoms with Crippen LogP contribution in [0.15, 0.2) is 24.3 Å². The SMILES string of the molecule is [O-][O+]1Oc2ccccc2P1. The van der Waals surface area contributed by atoms with E-state index in [4.69, 9.17) is 4.89 Å². The molecule has 52 valence electrons. The minimum Gasteiger partial charge on any atom is -0.473 e. The van der Waals surface area contributed by atoms with Gasteiger partial charge < -0.3 is 5.26 Å². The summed E-state index contributed by atoms with van der Waals surface area (Å²) in [6.07, 6.45) is 0. The van der Waals surface area contributed by atoms with Crippen LogP contribution in [0.2, 0.25) is 0 Å². The monoisotopic (exact) mass is 156 g/mol. The van der Waals surface area contributed by atoms with Crippen LogP contribution in [-0.4, -0.2) is 0 Å². The minimum atomic E-state index is 0.0257. The van der Waals surface area contributed by atoms with Gasteiger partial charge in [-0.1, -0.05) is 12.1 Å². The molecule has 0 aromatic heterocycles. The van der Waals surface area contributed by atoms with Gasteiger partial charge in [0.25, 0.3) is 8.81 Å². The zero-order chi connectivity index (χ0) is 6.97. The van der Waals surface area contributed by atoms with Gasteiger partial charge in [-0.3, -0.25) is 0 Å². The third kappa shape index (κ3) is 0.886. The molecule has 0 N–H and O–H groups in total. The zero-order valence-electron chi connectivity index (χ0n) is 5.03. The van der Waals surface area contributed by atoms with Crippen LogP contribution in [0.5, 0.6) is 5.75 Å². The lowest BCUT2D eigenvalue weighted by Gasteiger charge is -2.04. The summed E-state index contributed by atoms with van der Waals surface area (Å²) in [5.41, 5.74) is 0. The van der Waals surface area contributed by atoms with Crippen molar-refractivity contribution in [1.29, 1.82) is 0 Å². The zero-order valence-corrected chi connectivity index (χ0v) is 6.03. The van der Waals surface area contributed by atoms with Gasteiger partial charge in [-0.25, -0.2) is 4.89 Å². The fourth-order valence-electron chi connectivity index (χ4n) is 0.816. The van der Waals surface area contributed by atoms with Gasteiger partial charge in [0.05, 0.1) is 0 Å². The van der Waals surface area contributed by atoms with Gasteiger partial charge >= 0.3 is 0 Å². The molecule has 1 atom stereocenters. The lowest BCUT2D eigenvalue weighted by Crippen LogP contribution is -2.17. The van der Waals surface area contributed by atoms with Gasteiger partial charge in [-0.2, -0.15) is 4.46 Å². The van der Waals surface area contributed by atoms with E-state index in [1.165, 1.54) is 4.46 Å². The van der Waals surface area contributed by atoms with Crippen molar-refractivity contribution in [1.82, 2.24) is 0 Å². The lowest BCUT2D eigenvalue weighted by atomic mass is 10.3. The van der Waals surface area contributed by atoms with Crippen LogP contribution >= 0.6 is 8.81 Å². The van der Waals surface area contributed by atoms with Gasteiger partial charge in [-0.05, 0) is 12.1 Å². The van der Waals surface area contributed by atoms with Crippen LogP contribution in [0.25, 0.3) is 0 Å². The van der Waals surface area contributed by atoms with Crippen molar-refractivity contribution in [2.75, 3.05) is 0 Å². The molecular formula is C6H5O3P. The van der Waals surface area contributed by atoms with Crippen molar-refractivity contribution in [3.63, 3.8) is 0 Å². The van der Waals surface area contributed by atoms with Crippen molar-refractivity contribution in [3.05, 3.63) is 24.3 Å². The Labute approximate surface area is 59.6 Å². The molecule has 0 aliphatic carbocycles. The summed E-state index contributed by atoms with van der Waals surface area (Å²) in [5, 5.41) is 11.5. The van der Waals surface area contributed by atoms with Gasteiger partial charge in [0.2, 0.25) is 5.75 Å². The van der Waals surface area contributed by atoms with E-state index in [2.05, 4.69) is 0 Å². The fourth-order valence-corrected chi connectivity index (χ4v) is 1.52. The second kappa shape index (κ2) is 2.20. The first-order valence-corrected chi connectivity index (χ1v) is 3.73. The quantitative estimate of drug-likeness (QED) is 0.302. The second-order valence-electron chi connectivity index (χ2n) is 1.92. The van der Waals surface area contributed by atoms with Crippen molar-refractivity contribution < 1.29 is 14.6 Å². The van der Waals surface area contributed by atoms with Crippen molar-refractivity contribution >= 4 is 14.1 Å². The topological polar surface area (TPSA) is 35.0 Å². The fraction of sp³-hybridized carbons (Fsp3) is 0. The highest BCUT2D eigenvalue weighted by Crippen LogP contribution is 2.31. The Morgan fingerprint density at radius 3 is 3.00 bits per heavy atom. The summed E-state index contributed by atoms with van der Waals surface area (Å²) >= 11 is 0. The molecule has 3 nitrogen and oxygen atoms in total. The van der Waals surface area contributed by atoms with E-state index in [1.54, 1.807) is 6.07 Å². The van der Waals surface area contributed by atoms with Crippen LogP contribution in [0.3, 0.4) is 0 Å². The Balaban J connectivity index is 2.42. The molecule has 2 rings (SSSR count). The molecule has 0 bridgehead atoms. The highest BCUT2D eigenvalue weighted by atomic mass is 31.1. The van der Waals surface area contributed by atoms with Gasteiger partial charge in [0.1, 0.15) is 5.30 Å². The number of hydrogen-bond donors (Lipinski definition) is 0. The smallest absolute Gasteiger partial charge is 0.287 e. The molecule has 1 unspecified atom stereocenters. The number of fused-ring (bicyclic) bond motifs is 1. The number of hydrogen-bond acceptors (Lipinski definition) is 2. The minimum absolute atomic E-state index is 0.0257. The van der Waals surface area contributed by atoms with E-state index >= 15 is 0 Å². The molecular weight excluding hydrogens is 151 g/mol. The Bertz CT molecular complexity index is 226. The summed E-state index contributed by atoms with van der Waals surface area (Å²) in [6, 6.07) is 7.36. The van der Waals surface area contributed by atoms with E-state index in [0.29, 0.717) is 5.75 Å². The summed E-state index contributed by atoms with van der Waals surface area (Å²) in [5.74, 6) is 0.654. The number of para-hydroxylation sites is 1. The van der Waals surface area contributed by atoms with Gasteiger partial charge in [0, 0.05) is 0 Å². The molecule has 1 aliphatic rings. The summed E-state index contributed by atoms with van der Waals surface area (Å²) in [4.78, 5) is 4.71. The van der Waals surface area contributed by atoms with Crippen LogP contribution in [0.1, 0.15) is 0 Å². The average molecular weight is 156 g/mol. The molecule has 0 radical (unpaired) electrons. The van der Waals surface area contributed by atoms with Gasteiger partial charge in [0.15, 0.2) is 0 Å². The average Bonchev–Trinajstić information content (AvgIpc) is 2.27. The Kier molecular flexibility index (Phi) is 1.34. The van der Waals surface area contributed by atoms with E-state index in [9.17, 15) is 5.26 Å². The summed E-state index contributed by atoms with van der Waals surface area (Å²) < 4.78 is 1.33. The second-order valence-corrected chi connectivity index (χ2v) is 2.99. The van der Waals surface area contributed by atoms with E-state index in [1.807, 2.05) is 18.2 Å². The molecule has 1 heterocycles. The largest absolute Gasteiger partial charge is 0.473 e. The molecule has 1 aromatic rings. The lowest BCUT2D eigenvalue weighted by molar-refractivity contribution is -0.821. The Hall–Kier alpha value is -0.630. The van der Waals surface area contributed by atoms with E-state index in [-0.39, 0.29) is 8.81 Å². The summed E-state index contributed by atoms with van der Waals surface area (Å²) in [7, 11) is 0.0257. The first kappa shape index (κ1) is 6.10. The van der Waals surface area contributed by atoms with E-state index in [0.717, 1.165) is 5.30 Å². The third-order valence-corrected chi connectivity index (χ3v) is 2.13. The molecule has 1 aliphatic heterocycles. The molecule has 0 amide bonds. The Morgan fingerprint density at radius 2 is 2.20 bits per heavy atom. The van der Waals surface area contributed by atoms with Crippen LogP contribution in [-0.2, 0) is 4.46 Å². The first-order chi connectivity index (χ1) is 4.86. The van der Waals surface area contributed by atoms with Gasteiger partial charge in [-0.15, -0.1) is 0 Å². The predicted octanol–water partition coefficient (Wildman–Crippen LogP) is 0.0404. The molecule has 1 aromatic carbocycles. The van der Waals surface area contributed by atoms with Crippen molar-refractivity contribution in [2.24, 2.45) is 0 Å². The standard InChI is InChI=1S/C6H5O3P/c7-9-8-5-3-1-2-4-6(5)10-9/h1-4,10H. The third-order valence-electron chi connectivity index (χ3n) is 1.25. The highest BCUT2D eigenvalue weighted by molar-refractivity contribution is 7.42. The molecule has 0 fully saturated rings. The number of rotatable bonds is 0. The molecule has 0 spiro atoms. The van der Waals surface area contributed by atoms with Crippen LogP contribution in [0, 0.1) is 0 Å². The predicted molar refractivity (Wildman–Crippen MR) is 36.1 cm³/mol. The molecule has 4 heteroatoms. The summed E-state index contributed by atoms with van der Waals surface area (Å²) in [6.45, 7) is 0. The molecule has 0 saturated carbocycles.